The van der Waals surface area contributed by atoms with E-state index in [9.17, 15) is 0 Å². The average Bonchev–Trinajstić information content (AvgIpc) is 2.63. The van der Waals surface area contributed by atoms with E-state index in [0.29, 0.717) is 12.2 Å². The molecule has 0 aromatic carbocycles. The molecule has 84 valence electrons. The average molecular weight is 234 g/mol. The molecule has 2 rings (SSSR count). The fourth-order valence-corrected chi connectivity index (χ4v) is 2.10. The van der Waals surface area contributed by atoms with Crippen LogP contribution in [0.5, 0.6) is 0 Å². The van der Waals surface area contributed by atoms with Crippen LogP contribution in [0.15, 0.2) is 11.4 Å². The Kier molecular flexibility index (Phi) is 3.14. The highest BCUT2D eigenvalue weighted by atomic mass is 32.1. The van der Waals surface area contributed by atoms with Gasteiger partial charge in [0.05, 0.1) is 17.1 Å². The Morgan fingerprint density at radius 3 is 2.69 bits per heavy atom. The zero-order valence-corrected chi connectivity index (χ0v) is 10.2. The number of nitrogen functional groups attached to an aromatic ring is 1. The first-order valence-electron chi connectivity index (χ1n) is 5.20. The molecule has 2 heterocycles. The van der Waals surface area contributed by atoms with E-state index in [0.717, 1.165) is 28.6 Å². The van der Waals surface area contributed by atoms with Crippen LogP contribution in [0, 0.1) is 6.92 Å². The van der Waals surface area contributed by atoms with E-state index in [-0.39, 0.29) is 0 Å². The summed E-state index contributed by atoms with van der Waals surface area (Å²) in [7, 11) is 0. The monoisotopic (exact) mass is 234 g/mol. The number of anilines is 1. The van der Waals surface area contributed by atoms with E-state index in [1.165, 1.54) is 0 Å². The standard InChI is InChI=1S/C11H14N4S/c1-3-8-4-10(12)15-11(14-8)5-9-6-16-7(2)13-9/h4,6H,3,5H2,1-2H3,(H2,12,14,15). The lowest BCUT2D eigenvalue weighted by molar-refractivity contribution is 0.896. The van der Waals surface area contributed by atoms with Gasteiger partial charge >= 0.3 is 0 Å². The highest BCUT2D eigenvalue weighted by Crippen LogP contribution is 2.12. The molecule has 0 fully saturated rings. The summed E-state index contributed by atoms with van der Waals surface area (Å²) in [5.74, 6) is 1.29. The molecule has 0 atom stereocenters. The third-order valence-corrected chi connectivity index (χ3v) is 3.04. The summed E-state index contributed by atoms with van der Waals surface area (Å²) in [6.45, 7) is 4.05. The van der Waals surface area contributed by atoms with Gasteiger partial charge in [0.2, 0.25) is 0 Å². The highest BCUT2D eigenvalue weighted by molar-refractivity contribution is 7.09. The van der Waals surface area contributed by atoms with Crippen molar-refractivity contribution in [1.29, 1.82) is 0 Å². The van der Waals surface area contributed by atoms with Gasteiger partial charge in [0.1, 0.15) is 11.6 Å². The molecule has 2 N–H and O–H groups in total. The number of aromatic nitrogens is 3. The summed E-state index contributed by atoms with van der Waals surface area (Å²) in [5, 5.41) is 3.10. The molecule has 0 amide bonds. The molecule has 2 aromatic rings. The number of thiazole rings is 1. The lowest BCUT2D eigenvalue weighted by Crippen LogP contribution is -2.03. The largest absolute Gasteiger partial charge is 0.384 e. The topological polar surface area (TPSA) is 64.7 Å². The molecule has 16 heavy (non-hydrogen) atoms. The minimum Gasteiger partial charge on any atom is -0.384 e. The number of rotatable bonds is 3. The van der Waals surface area contributed by atoms with Crippen LogP contribution in [0.4, 0.5) is 5.82 Å². The molecule has 0 unspecified atom stereocenters. The maximum atomic E-state index is 5.72. The SMILES string of the molecule is CCc1cc(N)nc(Cc2csc(C)n2)n1. The normalized spacial score (nSPS) is 10.6. The number of hydrogen-bond donors (Lipinski definition) is 1. The molecule has 0 aliphatic carbocycles. The van der Waals surface area contributed by atoms with Crippen LogP contribution < -0.4 is 5.73 Å². The van der Waals surface area contributed by atoms with Crippen molar-refractivity contribution in [2.45, 2.75) is 26.7 Å². The van der Waals surface area contributed by atoms with Crippen LogP contribution >= 0.6 is 11.3 Å². The van der Waals surface area contributed by atoms with Crippen molar-refractivity contribution in [3.8, 4) is 0 Å². The fourth-order valence-electron chi connectivity index (χ4n) is 1.49. The zero-order valence-electron chi connectivity index (χ0n) is 9.40. The molecule has 5 heteroatoms. The Morgan fingerprint density at radius 1 is 1.25 bits per heavy atom. The van der Waals surface area contributed by atoms with Crippen molar-refractivity contribution in [2.75, 3.05) is 5.73 Å². The highest BCUT2D eigenvalue weighted by Gasteiger charge is 2.05. The Morgan fingerprint density at radius 2 is 2.06 bits per heavy atom. The Bertz CT molecular complexity index is 492. The summed E-state index contributed by atoms with van der Waals surface area (Å²) in [6, 6.07) is 1.82. The van der Waals surface area contributed by atoms with E-state index < -0.39 is 0 Å². The Balaban J connectivity index is 2.24. The summed E-state index contributed by atoms with van der Waals surface area (Å²) < 4.78 is 0. The minimum absolute atomic E-state index is 0.536. The summed E-state index contributed by atoms with van der Waals surface area (Å²) in [5.41, 5.74) is 7.72. The second-order valence-electron chi connectivity index (χ2n) is 3.59. The molecule has 4 nitrogen and oxygen atoms in total. The maximum Gasteiger partial charge on any atom is 0.136 e. The van der Waals surface area contributed by atoms with Crippen LogP contribution in [0.2, 0.25) is 0 Å². The van der Waals surface area contributed by atoms with Gasteiger partial charge in [-0.1, -0.05) is 6.92 Å². The van der Waals surface area contributed by atoms with Gasteiger partial charge in [-0.3, -0.25) is 0 Å². The van der Waals surface area contributed by atoms with Gasteiger partial charge in [-0.25, -0.2) is 15.0 Å². The molecule has 2 aromatic heterocycles. The second-order valence-corrected chi connectivity index (χ2v) is 4.65. The van der Waals surface area contributed by atoms with Crippen LogP contribution in [-0.4, -0.2) is 15.0 Å². The van der Waals surface area contributed by atoms with Crippen molar-refractivity contribution in [3.63, 3.8) is 0 Å². The van der Waals surface area contributed by atoms with Gasteiger partial charge in [-0.05, 0) is 13.3 Å². The van der Waals surface area contributed by atoms with Gasteiger partial charge in [0, 0.05) is 17.1 Å². The van der Waals surface area contributed by atoms with Crippen LogP contribution in [0.25, 0.3) is 0 Å². The summed E-state index contributed by atoms with van der Waals surface area (Å²) in [6.07, 6.45) is 1.53. The lowest BCUT2D eigenvalue weighted by atomic mass is 10.2. The van der Waals surface area contributed by atoms with Crippen LogP contribution in [-0.2, 0) is 12.8 Å². The van der Waals surface area contributed by atoms with Crippen LogP contribution in [0.3, 0.4) is 0 Å². The van der Waals surface area contributed by atoms with E-state index >= 15 is 0 Å². The molecular formula is C11H14N4S. The van der Waals surface area contributed by atoms with E-state index in [2.05, 4.69) is 21.9 Å². The number of nitrogens with two attached hydrogens (primary N) is 1. The second kappa shape index (κ2) is 4.57. The molecule has 0 saturated heterocycles. The maximum absolute atomic E-state index is 5.72. The fraction of sp³-hybridized carbons (Fsp3) is 0.364. The number of aryl methyl sites for hydroxylation is 2. The molecule has 0 bridgehead atoms. The molecule has 0 aliphatic heterocycles. The van der Waals surface area contributed by atoms with E-state index in [1.807, 2.05) is 18.4 Å². The van der Waals surface area contributed by atoms with Crippen molar-refractivity contribution in [1.82, 2.24) is 15.0 Å². The molecule has 0 radical (unpaired) electrons. The number of hydrogen-bond acceptors (Lipinski definition) is 5. The summed E-state index contributed by atoms with van der Waals surface area (Å²) in [4.78, 5) is 13.0. The van der Waals surface area contributed by atoms with Gasteiger partial charge in [0.15, 0.2) is 0 Å². The predicted octanol–water partition coefficient (Wildman–Crippen LogP) is 1.98. The van der Waals surface area contributed by atoms with Gasteiger partial charge in [-0.15, -0.1) is 11.3 Å². The van der Waals surface area contributed by atoms with E-state index in [1.54, 1.807) is 11.3 Å². The zero-order chi connectivity index (χ0) is 11.5. The Labute approximate surface area is 98.6 Å². The van der Waals surface area contributed by atoms with Crippen LogP contribution in [0.1, 0.15) is 29.1 Å². The van der Waals surface area contributed by atoms with Crippen molar-refractivity contribution >= 4 is 17.2 Å². The Hall–Kier alpha value is -1.49. The third kappa shape index (κ3) is 2.55. The first kappa shape index (κ1) is 11.0. The molecule has 0 aliphatic rings. The first-order valence-corrected chi connectivity index (χ1v) is 6.08. The molecule has 0 saturated carbocycles. The van der Waals surface area contributed by atoms with Gasteiger partial charge in [-0.2, -0.15) is 0 Å². The van der Waals surface area contributed by atoms with E-state index in [4.69, 9.17) is 5.73 Å². The summed E-state index contributed by atoms with van der Waals surface area (Å²) >= 11 is 1.64. The van der Waals surface area contributed by atoms with Crippen molar-refractivity contribution in [3.05, 3.63) is 33.7 Å². The smallest absolute Gasteiger partial charge is 0.136 e. The van der Waals surface area contributed by atoms with Gasteiger partial charge in [0.25, 0.3) is 0 Å². The quantitative estimate of drug-likeness (QED) is 0.882. The molecule has 0 spiro atoms. The van der Waals surface area contributed by atoms with Crippen molar-refractivity contribution in [2.24, 2.45) is 0 Å². The predicted molar refractivity (Wildman–Crippen MR) is 65.5 cm³/mol. The van der Waals surface area contributed by atoms with Gasteiger partial charge < -0.3 is 5.73 Å². The molecular weight excluding hydrogens is 220 g/mol. The van der Waals surface area contributed by atoms with Crippen molar-refractivity contribution < 1.29 is 0 Å². The third-order valence-electron chi connectivity index (χ3n) is 2.21. The lowest BCUT2D eigenvalue weighted by Gasteiger charge is -2.02. The number of nitrogens with zero attached hydrogens (tertiary/aromatic N) is 3. The minimum atomic E-state index is 0.536. The first-order chi connectivity index (χ1) is 7.67.